The van der Waals surface area contributed by atoms with Gasteiger partial charge in [-0.15, -0.1) is 0 Å². The van der Waals surface area contributed by atoms with Gasteiger partial charge in [0.05, 0.1) is 12.6 Å². The van der Waals surface area contributed by atoms with E-state index in [1.807, 2.05) is 7.28 Å². The van der Waals surface area contributed by atoms with Gasteiger partial charge in [-0.05, 0) is 0 Å². The lowest BCUT2D eigenvalue weighted by molar-refractivity contribution is 0.250. The summed E-state index contributed by atoms with van der Waals surface area (Å²) >= 11 is 0. The van der Waals surface area contributed by atoms with Gasteiger partial charge in [-0.3, -0.25) is 0 Å². The fourth-order valence-electron chi connectivity index (χ4n) is 0.395. The summed E-state index contributed by atoms with van der Waals surface area (Å²) in [5, 5.41) is 0. The maximum Gasteiger partial charge on any atom is 0.187 e. The van der Waals surface area contributed by atoms with Gasteiger partial charge in [-0.2, -0.15) is 0 Å². The normalized spacial score (nSPS) is 27.3. The summed E-state index contributed by atoms with van der Waals surface area (Å²) in [6, 6.07) is 0.403. The SMILES string of the molecule is COC[B]C1CO1. The second-order valence-electron chi connectivity index (χ2n) is 1.56. The number of rotatable bonds is 3. The molecule has 1 aliphatic rings. The van der Waals surface area contributed by atoms with Crippen LogP contribution in [0, 0.1) is 0 Å². The minimum atomic E-state index is 0.403. The van der Waals surface area contributed by atoms with Gasteiger partial charge < -0.3 is 9.47 Å². The van der Waals surface area contributed by atoms with Gasteiger partial charge in [0.2, 0.25) is 0 Å². The molecule has 0 N–H and O–H groups in total. The predicted octanol–water partition coefficient (Wildman–Crippen LogP) is -0.349. The zero-order valence-corrected chi connectivity index (χ0v) is 4.39. The van der Waals surface area contributed by atoms with Crippen molar-refractivity contribution >= 4 is 7.28 Å². The van der Waals surface area contributed by atoms with Gasteiger partial charge in [0, 0.05) is 13.6 Å². The van der Waals surface area contributed by atoms with Crippen LogP contribution in [0.1, 0.15) is 0 Å². The van der Waals surface area contributed by atoms with Crippen LogP contribution in [0.15, 0.2) is 0 Å². The highest BCUT2D eigenvalue weighted by Crippen LogP contribution is 2.05. The van der Waals surface area contributed by atoms with Gasteiger partial charge in [0.1, 0.15) is 0 Å². The first-order valence-corrected chi connectivity index (χ1v) is 2.37. The first kappa shape index (κ1) is 5.13. The van der Waals surface area contributed by atoms with Crippen molar-refractivity contribution in [3.8, 4) is 0 Å². The minimum absolute atomic E-state index is 0.403. The van der Waals surface area contributed by atoms with Crippen LogP contribution in [0.5, 0.6) is 0 Å². The van der Waals surface area contributed by atoms with Crippen LogP contribution in [0.25, 0.3) is 0 Å². The average Bonchev–Trinajstić information content (AvgIpc) is 2.42. The molecule has 1 aliphatic heterocycles. The van der Waals surface area contributed by atoms with Crippen LogP contribution in [-0.2, 0) is 9.47 Å². The lowest BCUT2D eigenvalue weighted by Crippen LogP contribution is -2.07. The topological polar surface area (TPSA) is 21.8 Å². The molecular weight excluding hydrogens is 90.9 g/mol. The van der Waals surface area contributed by atoms with E-state index in [4.69, 9.17) is 9.47 Å². The number of hydrogen-bond acceptors (Lipinski definition) is 2. The van der Waals surface area contributed by atoms with Gasteiger partial charge in [-0.25, -0.2) is 0 Å². The molecule has 1 radical (unpaired) electrons. The molecule has 0 aliphatic carbocycles. The monoisotopic (exact) mass is 99.1 g/mol. The highest BCUT2D eigenvalue weighted by atomic mass is 16.6. The second kappa shape index (κ2) is 2.33. The summed E-state index contributed by atoms with van der Waals surface area (Å²) in [4.78, 5) is 0. The third-order valence-electron chi connectivity index (χ3n) is 0.885. The van der Waals surface area contributed by atoms with E-state index in [1.165, 1.54) is 0 Å². The quantitative estimate of drug-likeness (QED) is 0.356. The van der Waals surface area contributed by atoms with Crippen LogP contribution >= 0.6 is 0 Å². The van der Waals surface area contributed by atoms with E-state index in [9.17, 15) is 0 Å². The van der Waals surface area contributed by atoms with Crippen molar-refractivity contribution in [3.63, 3.8) is 0 Å². The van der Waals surface area contributed by atoms with Crippen molar-refractivity contribution in [2.45, 2.75) is 6.00 Å². The highest BCUT2D eigenvalue weighted by molar-refractivity contribution is 6.38. The molecule has 3 heteroatoms. The number of hydrogen-bond donors (Lipinski definition) is 0. The average molecular weight is 98.9 g/mol. The third-order valence-corrected chi connectivity index (χ3v) is 0.885. The Hall–Kier alpha value is -0.0151. The molecule has 39 valence electrons. The van der Waals surface area contributed by atoms with Crippen molar-refractivity contribution in [2.24, 2.45) is 0 Å². The van der Waals surface area contributed by atoms with Gasteiger partial charge >= 0.3 is 0 Å². The molecule has 0 aromatic carbocycles. The van der Waals surface area contributed by atoms with Gasteiger partial charge in [-0.1, -0.05) is 0 Å². The maximum atomic E-state index is 4.88. The lowest BCUT2D eigenvalue weighted by Gasteiger charge is -1.87. The summed E-state index contributed by atoms with van der Waals surface area (Å²) in [5.74, 6) is 0. The first-order valence-electron chi connectivity index (χ1n) is 2.37. The second-order valence-corrected chi connectivity index (χ2v) is 1.56. The number of methoxy groups -OCH3 is 1. The van der Waals surface area contributed by atoms with E-state index in [-0.39, 0.29) is 0 Å². The highest BCUT2D eigenvalue weighted by Gasteiger charge is 2.22. The molecule has 1 heterocycles. The van der Waals surface area contributed by atoms with Crippen LogP contribution in [-0.4, -0.2) is 33.5 Å². The van der Waals surface area contributed by atoms with E-state index in [0.717, 1.165) is 6.61 Å². The van der Waals surface area contributed by atoms with Gasteiger partial charge in [0.15, 0.2) is 7.28 Å². The summed E-state index contributed by atoms with van der Waals surface area (Å²) in [7, 11) is 3.69. The summed E-state index contributed by atoms with van der Waals surface area (Å²) in [6.45, 7) is 1.61. The standard InChI is InChI=1S/C4H8BO2/c1-6-3-5-4-2-7-4/h4H,2-3H2,1H3. The Balaban J connectivity index is 1.80. The lowest BCUT2D eigenvalue weighted by atomic mass is 9.76. The zero-order chi connectivity index (χ0) is 5.11. The largest absolute Gasteiger partial charge is 0.393 e. The third kappa shape index (κ3) is 1.95. The Labute approximate surface area is 44.0 Å². The molecule has 1 atom stereocenters. The van der Waals surface area contributed by atoms with Crippen molar-refractivity contribution < 1.29 is 9.47 Å². The fourth-order valence-corrected chi connectivity index (χ4v) is 0.395. The van der Waals surface area contributed by atoms with E-state index >= 15 is 0 Å². The predicted molar refractivity (Wildman–Crippen MR) is 27.4 cm³/mol. The summed E-state index contributed by atoms with van der Waals surface area (Å²) in [6.07, 6.45) is 0. The van der Waals surface area contributed by atoms with Crippen molar-refractivity contribution in [1.82, 2.24) is 0 Å². The first-order chi connectivity index (χ1) is 3.43. The number of ether oxygens (including phenoxy) is 2. The molecule has 7 heavy (non-hydrogen) atoms. The molecule has 0 spiro atoms. The van der Waals surface area contributed by atoms with E-state index in [2.05, 4.69) is 0 Å². The minimum Gasteiger partial charge on any atom is -0.393 e. The molecule has 2 nitrogen and oxygen atoms in total. The molecule has 1 unspecified atom stereocenters. The van der Waals surface area contributed by atoms with Crippen LogP contribution in [0.4, 0.5) is 0 Å². The van der Waals surface area contributed by atoms with E-state index in [0.29, 0.717) is 12.5 Å². The maximum absolute atomic E-state index is 4.88. The Bertz CT molecular complexity index is 53.7. The Morgan fingerprint density at radius 3 is 3.14 bits per heavy atom. The van der Waals surface area contributed by atoms with Crippen molar-refractivity contribution in [1.29, 1.82) is 0 Å². The van der Waals surface area contributed by atoms with E-state index in [1.54, 1.807) is 7.11 Å². The smallest absolute Gasteiger partial charge is 0.187 e. The summed E-state index contributed by atoms with van der Waals surface area (Å²) < 4.78 is 9.63. The molecule has 0 amide bonds. The van der Waals surface area contributed by atoms with Crippen molar-refractivity contribution in [2.75, 3.05) is 20.2 Å². The molecule has 1 rings (SSSR count). The molecule has 1 saturated heterocycles. The summed E-state index contributed by atoms with van der Waals surface area (Å²) in [5.41, 5.74) is 0. The zero-order valence-electron chi connectivity index (χ0n) is 4.39. The molecule has 0 saturated carbocycles. The Morgan fingerprint density at radius 1 is 2.00 bits per heavy atom. The van der Waals surface area contributed by atoms with Gasteiger partial charge in [0.25, 0.3) is 0 Å². The molecule has 0 bridgehead atoms. The molecule has 1 fully saturated rings. The molecule has 0 aromatic heterocycles. The Morgan fingerprint density at radius 2 is 2.71 bits per heavy atom. The van der Waals surface area contributed by atoms with Crippen LogP contribution < -0.4 is 0 Å². The van der Waals surface area contributed by atoms with Crippen LogP contribution in [0.2, 0.25) is 0 Å². The fraction of sp³-hybridized carbons (Fsp3) is 1.00. The molecule has 0 aromatic rings. The van der Waals surface area contributed by atoms with Crippen molar-refractivity contribution in [3.05, 3.63) is 0 Å². The number of epoxide rings is 1. The van der Waals surface area contributed by atoms with E-state index < -0.39 is 0 Å². The Kier molecular flexibility index (Phi) is 1.71. The molecular formula is C4H8BO2. The van der Waals surface area contributed by atoms with Crippen LogP contribution in [0.3, 0.4) is 0 Å².